The molecule has 4 aromatic rings. The lowest BCUT2D eigenvalue weighted by atomic mass is 10.1. The van der Waals surface area contributed by atoms with Crippen LogP contribution in [0.2, 0.25) is 0 Å². The maximum atomic E-state index is 13.1. The molecule has 6 heteroatoms. The molecular weight excluding hydrogens is 398 g/mol. The molecule has 2 heterocycles. The van der Waals surface area contributed by atoms with Gasteiger partial charge in [-0.25, -0.2) is 0 Å². The van der Waals surface area contributed by atoms with Crippen LogP contribution in [0.4, 0.5) is 0 Å². The molecule has 6 nitrogen and oxygen atoms in total. The Kier molecular flexibility index (Phi) is 6.21. The van der Waals surface area contributed by atoms with Crippen LogP contribution in [0.3, 0.4) is 0 Å². The Morgan fingerprint density at radius 2 is 1.25 bits per heavy atom. The number of aromatic nitrogens is 4. The van der Waals surface area contributed by atoms with Crippen molar-refractivity contribution >= 4 is 5.91 Å². The molecular formula is C26H29N5O. The molecule has 2 aromatic heterocycles. The topological polar surface area (TPSA) is 64.7 Å². The largest absolute Gasteiger partial charge is 0.348 e. The number of hydrogen-bond donors (Lipinski definition) is 1. The summed E-state index contributed by atoms with van der Waals surface area (Å²) in [4.78, 5) is 13.1. The average molecular weight is 428 g/mol. The Labute approximate surface area is 188 Å². The molecule has 0 aliphatic heterocycles. The van der Waals surface area contributed by atoms with Crippen molar-refractivity contribution in [3.63, 3.8) is 0 Å². The molecule has 2 aromatic carbocycles. The molecule has 0 saturated carbocycles. The Morgan fingerprint density at radius 1 is 0.750 bits per heavy atom. The van der Waals surface area contributed by atoms with Crippen LogP contribution < -0.4 is 5.32 Å². The summed E-state index contributed by atoms with van der Waals surface area (Å²) < 4.78 is 3.90. The average Bonchev–Trinajstić information content (AvgIpc) is 3.21. The Morgan fingerprint density at radius 3 is 1.81 bits per heavy atom. The van der Waals surface area contributed by atoms with E-state index in [9.17, 15) is 4.79 Å². The van der Waals surface area contributed by atoms with Crippen molar-refractivity contribution in [1.82, 2.24) is 24.9 Å². The van der Waals surface area contributed by atoms with E-state index in [2.05, 4.69) is 41.6 Å². The molecule has 1 amide bonds. The quantitative estimate of drug-likeness (QED) is 0.477. The first-order valence-electron chi connectivity index (χ1n) is 10.9. The smallest absolute Gasteiger partial charge is 0.255 e. The molecule has 0 bridgehead atoms. The van der Waals surface area contributed by atoms with Crippen LogP contribution in [0, 0.1) is 27.7 Å². The molecule has 4 rings (SSSR count). The van der Waals surface area contributed by atoms with Crippen LogP contribution in [0.15, 0.2) is 60.7 Å². The lowest BCUT2D eigenvalue weighted by Crippen LogP contribution is -2.24. The molecule has 0 aliphatic rings. The number of carbonyl (C=O) groups is 1. The molecule has 1 N–H and O–H groups in total. The van der Waals surface area contributed by atoms with Crippen LogP contribution in [0.1, 0.15) is 49.8 Å². The lowest BCUT2D eigenvalue weighted by molar-refractivity contribution is 0.0949. The van der Waals surface area contributed by atoms with E-state index >= 15 is 0 Å². The van der Waals surface area contributed by atoms with E-state index in [-0.39, 0.29) is 5.91 Å². The molecule has 0 saturated heterocycles. The normalized spacial score (nSPS) is 11.0. The van der Waals surface area contributed by atoms with Gasteiger partial charge in [0.2, 0.25) is 0 Å². The minimum Gasteiger partial charge on any atom is -0.348 e. The fourth-order valence-electron chi connectivity index (χ4n) is 4.09. The van der Waals surface area contributed by atoms with Crippen LogP contribution >= 0.6 is 0 Å². The molecule has 164 valence electrons. The van der Waals surface area contributed by atoms with Crippen molar-refractivity contribution in [2.45, 2.75) is 47.3 Å². The fraction of sp³-hybridized carbons (Fsp3) is 0.269. The first kappa shape index (κ1) is 21.6. The summed E-state index contributed by atoms with van der Waals surface area (Å²) in [5.74, 6) is -0.103. The Hall–Kier alpha value is -3.67. The first-order chi connectivity index (χ1) is 15.4. The molecule has 0 unspecified atom stereocenters. The van der Waals surface area contributed by atoms with Gasteiger partial charge in [-0.15, -0.1) is 0 Å². The number of nitrogens with zero attached hydrogens (tertiary/aromatic N) is 4. The van der Waals surface area contributed by atoms with E-state index in [0.717, 1.165) is 33.9 Å². The summed E-state index contributed by atoms with van der Waals surface area (Å²) in [7, 11) is 0. The van der Waals surface area contributed by atoms with E-state index in [1.807, 2.05) is 66.5 Å². The minimum absolute atomic E-state index is 0.103. The van der Waals surface area contributed by atoms with Gasteiger partial charge in [0.15, 0.2) is 0 Å². The van der Waals surface area contributed by atoms with Crippen molar-refractivity contribution in [3.05, 3.63) is 106 Å². The van der Waals surface area contributed by atoms with E-state index in [1.54, 1.807) is 0 Å². The number of rotatable bonds is 7. The number of amides is 1. The van der Waals surface area contributed by atoms with E-state index in [0.29, 0.717) is 25.2 Å². The van der Waals surface area contributed by atoms with Gasteiger partial charge in [-0.05, 0) is 38.8 Å². The van der Waals surface area contributed by atoms with Crippen molar-refractivity contribution in [1.29, 1.82) is 0 Å². The SMILES string of the molecule is Cc1nn(Cc2ccccc2)c(C)c1CNC(=O)c1c(C)nn(Cc2ccccc2)c1C. The van der Waals surface area contributed by atoms with Gasteiger partial charge in [-0.3, -0.25) is 14.2 Å². The Bertz CT molecular complexity index is 1220. The molecule has 32 heavy (non-hydrogen) atoms. The van der Waals surface area contributed by atoms with Gasteiger partial charge >= 0.3 is 0 Å². The maximum absolute atomic E-state index is 13.1. The van der Waals surface area contributed by atoms with Crippen molar-refractivity contribution < 1.29 is 4.79 Å². The highest BCUT2D eigenvalue weighted by Crippen LogP contribution is 2.17. The molecule has 0 spiro atoms. The van der Waals surface area contributed by atoms with Crippen LogP contribution in [0.5, 0.6) is 0 Å². The summed E-state index contributed by atoms with van der Waals surface area (Å²) in [6.07, 6.45) is 0. The van der Waals surface area contributed by atoms with Crippen LogP contribution in [-0.4, -0.2) is 25.5 Å². The highest BCUT2D eigenvalue weighted by atomic mass is 16.1. The van der Waals surface area contributed by atoms with Gasteiger partial charge < -0.3 is 5.32 Å². The molecule has 0 atom stereocenters. The highest BCUT2D eigenvalue weighted by Gasteiger charge is 2.20. The second-order valence-electron chi connectivity index (χ2n) is 8.16. The van der Waals surface area contributed by atoms with Crippen LogP contribution in [-0.2, 0) is 19.6 Å². The zero-order valence-electron chi connectivity index (χ0n) is 19.1. The predicted octanol–water partition coefficient (Wildman–Crippen LogP) is 4.34. The molecule has 0 radical (unpaired) electrons. The lowest BCUT2D eigenvalue weighted by Gasteiger charge is -2.08. The summed E-state index contributed by atoms with van der Waals surface area (Å²) in [5.41, 5.74) is 7.68. The highest BCUT2D eigenvalue weighted by molar-refractivity contribution is 5.96. The number of hydrogen-bond acceptors (Lipinski definition) is 3. The van der Waals surface area contributed by atoms with E-state index < -0.39 is 0 Å². The zero-order valence-corrected chi connectivity index (χ0v) is 19.1. The summed E-state index contributed by atoms with van der Waals surface area (Å²) in [6, 6.07) is 20.4. The number of aryl methyl sites for hydroxylation is 2. The van der Waals surface area contributed by atoms with Crippen molar-refractivity contribution in [2.75, 3.05) is 0 Å². The first-order valence-corrected chi connectivity index (χ1v) is 10.9. The standard InChI is InChI=1S/C26H29N5O/c1-18-24(20(3)30(28-18)16-22-11-7-5-8-12-22)15-27-26(32)25-19(2)29-31(21(25)4)17-23-13-9-6-10-14-23/h5-14H,15-17H2,1-4H3,(H,27,32). The van der Waals surface area contributed by atoms with Crippen molar-refractivity contribution in [2.24, 2.45) is 0 Å². The van der Waals surface area contributed by atoms with Crippen LogP contribution in [0.25, 0.3) is 0 Å². The molecule has 0 aliphatic carbocycles. The second kappa shape index (κ2) is 9.22. The maximum Gasteiger partial charge on any atom is 0.255 e. The monoisotopic (exact) mass is 427 g/mol. The zero-order chi connectivity index (χ0) is 22.7. The summed E-state index contributed by atoms with van der Waals surface area (Å²) in [6.45, 7) is 9.68. The fourth-order valence-corrected chi connectivity index (χ4v) is 4.09. The third-order valence-electron chi connectivity index (χ3n) is 5.92. The van der Waals surface area contributed by atoms with Gasteiger partial charge in [-0.1, -0.05) is 60.7 Å². The van der Waals surface area contributed by atoms with Gasteiger partial charge in [0.25, 0.3) is 5.91 Å². The third-order valence-corrected chi connectivity index (χ3v) is 5.92. The van der Waals surface area contributed by atoms with Crippen molar-refractivity contribution in [3.8, 4) is 0 Å². The summed E-state index contributed by atoms with van der Waals surface area (Å²) in [5, 5.41) is 12.4. The van der Waals surface area contributed by atoms with Gasteiger partial charge in [0.05, 0.1) is 30.0 Å². The second-order valence-corrected chi connectivity index (χ2v) is 8.16. The predicted molar refractivity (Wildman–Crippen MR) is 126 cm³/mol. The number of carbonyl (C=O) groups excluding carboxylic acids is 1. The number of nitrogens with one attached hydrogen (secondary N) is 1. The van der Waals surface area contributed by atoms with E-state index in [1.165, 1.54) is 5.56 Å². The number of benzene rings is 2. The molecule has 0 fully saturated rings. The Balaban J connectivity index is 1.47. The summed E-state index contributed by atoms with van der Waals surface area (Å²) >= 11 is 0. The van der Waals surface area contributed by atoms with Gasteiger partial charge in [-0.2, -0.15) is 10.2 Å². The van der Waals surface area contributed by atoms with Gasteiger partial charge in [0, 0.05) is 23.5 Å². The van der Waals surface area contributed by atoms with Gasteiger partial charge in [0.1, 0.15) is 0 Å². The van der Waals surface area contributed by atoms with E-state index in [4.69, 9.17) is 5.10 Å². The third kappa shape index (κ3) is 4.49. The minimum atomic E-state index is -0.103.